The van der Waals surface area contributed by atoms with Crippen molar-refractivity contribution in [3.05, 3.63) is 29.3 Å². The Balaban J connectivity index is 0.00000264. The van der Waals surface area contributed by atoms with Crippen LogP contribution in [-0.2, 0) is 4.74 Å². The summed E-state index contributed by atoms with van der Waals surface area (Å²) in [7, 11) is 3.78. The summed E-state index contributed by atoms with van der Waals surface area (Å²) < 4.78 is 11.3. The van der Waals surface area contributed by atoms with Crippen LogP contribution in [0.1, 0.15) is 12.8 Å². The Morgan fingerprint density at radius 1 is 1.43 bits per heavy atom. The maximum absolute atomic E-state index is 5.85. The van der Waals surface area contributed by atoms with Gasteiger partial charge in [0.25, 0.3) is 0 Å². The number of nitrogens with one attached hydrogen (secondary N) is 1. The van der Waals surface area contributed by atoms with E-state index in [2.05, 4.69) is 10.3 Å². The van der Waals surface area contributed by atoms with Crippen molar-refractivity contribution < 1.29 is 9.47 Å². The normalized spacial score (nSPS) is 17.5. The molecule has 1 saturated heterocycles. The van der Waals surface area contributed by atoms with E-state index >= 15 is 0 Å². The summed E-state index contributed by atoms with van der Waals surface area (Å²) in [6, 6.07) is 7.38. The first kappa shape index (κ1) is 20.3. The number of hydrogen-bond donors (Lipinski definition) is 1. The van der Waals surface area contributed by atoms with E-state index in [0.29, 0.717) is 17.7 Å². The Morgan fingerprint density at radius 3 is 2.78 bits per heavy atom. The highest BCUT2D eigenvalue weighted by atomic mass is 127. The van der Waals surface area contributed by atoms with Crippen molar-refractivity contribution in [3.8, 4) is 5.75 Å². The zero-order valence-corrected chi connectivity index (χ0v) is 16.7. The van der Waals surface area contributed by atoms with Crippen LogP contribution >= 0.6 is 35.6 Å². The molecule has 0 spiro atoms. The predicted molar refractivity (Wildman–Crippen MR) is 105 cm³/mol. The van der Waals surface area contributed by atoms with Crippen LogP contribution in [0.25, 0.3) is 0 Å². The van der Waals surface area contributed by atoms with Gasteiger partial charge in [0, 0.05) is 32.3 Å². The highest BCUT2D eigenvalue weighted by molar-refractivity contribution is 14.0. The van der Waals surface area contributed by atoms with Gasteiger partial charge in [0.15, 0.2) is 5.96 Å². The molecule has 23 heavy (non-hydrogen) atoms. The number of aliphatic imine (C=N–C) groups is 1. The zero-order valence-electron chi connectivity index (χ0n) is 13.6. The second-order valence-corrected chi connectivity index (χ2v) is 5.72. The molecule has 2 rings (SSSR count). The predicted octanol–water partition coefficient (Wildman–Crippen LogP) is 3.02. The summed E-state index contributed by atoms with van der Waals surface area (Å²) in [6.07, 6.45) is 2.57. The maximum Gasteiger partial charge on any atom is 0.193 e. The first-order valence-corrected chi connectivity index (χ1v) is 7.98. The summed E-state index contributed by atoms with van der Waals surface area (Å²) in [5.74, 6) is 1.68. The Bertz CT molecular complexity index is 479. The average molecular weight is 454 g/mol. The Morgan fingerprint density at radius 2 is 2.17 bits per heavy atom. The average Bonchev–Trinajstić information content (AvgIpc) is 3.03. The van der Waals surface area contributed by atoms with Crippen LogP contribution in [0.5, 0.6) is 5.75 Å². The molecule has 0 amide bonds. The number of ether oxygens (including phenoxy) is 2. The molecule has 1 fully saturated rings. The molecule has 0 saturated carbocycles. The Hall–Kier alpha value is -0.730. The molecule has 1 aliphatic heterocycles. The highest BCUT2D eigenvalue weighted by Gasteiger charge is 2.16. The minimum absolute atomic E-state index is 0. The third-order valence-corrected chi connectivity index (χ3v) is 3.85. The number of likely N-dealkylation sites (N-methyl/N-ethyl adjacent to an activating group) is 1. The smallest absolute Gasteiger partial charge is 0.193 e. The molecule has 5 nitrogen and oxygen atoms in total. The second kappa shape index (κ2) is 10.9. The molecule has 1 aliphatic rings. The molecule has 1 aromatic carbocycles. The highest BCUT2D eigenvalue weighted by Crippen LogP contribution is 2.15. The van der Waals surface area contributed by atoms with Gasteiger partial charge in [0.05, 0.1) is 12.6 Å². The van der Waals surface area contributed by atoms with Gasteiger partial charge in [-0.25, -0.2) is 0 Å². The van der Waals surface area contributed by atoms with Crippen LogP contribution in [0.4, 0.5) is 0 Å². The third-order valence-electron chi connectivity index (χ3n) is 3.59. The van der Waals surface area contributed by atoms with Gasteiger partial charge in [-0.05, 0) is 37.1 Å². The van der Waals surface area contributed by atoms with E-state index in [1.54, 1.807) is 7.05 Å². The van der Waals surface area contributed by atoms with Crippen LogP contribution < -0.4 is 10.1 Å². The van der Waals surface area contributed by atoms with E-state index in [9.17, 15) is 0 Å². The molecule has 1 N–H and O–H groups in total. The fourth-order valence-electron chi connectivity index (χ4n) is 2.33. The molecule has 0 radical (unpaired) electrons. The fraction of sp³-hybridized carbons (Fsp3) is 0.562. The van der Waals surface area contributed by atoms with Crippen molar-refractivity contribution in [2.24, 2.45) is 4.99 Å². The van der Waals surface area contributed by atoms with Crippen molar-refractivity contribution in [1.29, 1.82) is 0 Å². The van der Waals surface area contributed by atoms with Crippen molar-refractivity contribution in [2.45, 2.75) is 18.9 Å². The first-order chi connectivity index (χ1) is 10.7. The molecular weight excluding hydrogens is 429 g/mol. The zero-order chi connectivity index (χ0) is 15.8. The van der Waals surface area contributed by atoms with Crippen LogP contribution in [0, 0.1) is 0 Å². The van der Waals surface area contributed by atoms with Gasteiger partial charge in [-0.15, -0.1) is 24.0 Å². The van der Waals surface area contributed by atoms with E-state index in [-0.39, 0.29) is 24.0 Å². The van der Waals surface area contributed by atoms with Crippen LogP contribution in [0.3, 0.4) is 0 Å². The fourth-order valence-corrected chi connectivity index (χ4v) is 2.46. The number of nitrogens with zero attached hydrogens (tertiary/aromatic N) is 2. The molecule has 1 heterocycles. The SMILES string of the molecule is CN=C(NCC1CCCO1)N(C)CCOc1ccc(Cl)cc1.I. The van der Waals surface area contributed by atoms with E-state index < -0.39 is 0 Å². The molecule has 1 aromatic rings. The first-order valence-electron chi connectivity index (χ1n) is 7.61. The van der Waals surface area contributed by atoms with Gasteiger partial charge in [0.2, 0.25) is 0 Å². The van der Waals surface area contributed by atoms with Gasteiger partial charge in [0.1, 0.15) is 12.4 Å². The third kappa shape index (κ3) is 7.14. The van der Waals surface area contributed by atoms with E-state index in [4.69, 9.17) is 21.1 Å². The maximum atomic E-state index is 5.85. The summed E-state index contributed by atoms with van der Waals surface area (Å²) >= 11 is 5.85. The summed E-state index contributed by atoms with van der Waals surface area (Å²) in [4.78, 5) is 6.34. The lowest BCUT2D eigenvalue weighted by molar-refractivity contribution is 0.113. The number of rotatable bonds is 6. The Labute approximate surface area is 160 Å². The molecule has 0 aromatic heterocycles. The molecule has 1 atom stereocenters. The van der Waals surface area contributed by atoms with Crippen molar-refractivity contribution in [1.82, 2.24) is 10.2 Å². The lowest BCUT2D eigenvalue weighted by atomic mass is 10.2. The minimum atomic E-state index is 0. The molecular formula is C16H25ClIN3O2. The topological polar surface area (TPSA) is 46.1 Å². The number of hydrogen-bond acceptors (Lipinski definition) is 3. The van der Waals surface area contributed by atoms with E-state index in [1.165, 1.54) is 0 Å². The number of benzene rings is 1. The van der Waals surface area contributed by atoms with Gasteiger partial charge in [-0.1, -0.05) is 11.6 Å². The van der Waals surface area contributed by atoms with Gasteiger partial charge in [-0.3, -0.25) is 4.99 Å². The minimum Gasteiger partial charge on any atom is -0.492 e. The van der Waals surface area contributed by atoms with Crippen LogP contribution in [0.2, 0.25) is 5.02 Å². The second-order valence-electron chi connectivity index (χ2n) is 5.29. The summed E-state index contributed by atoms with van der Waals surface area (Å²) in [5, 5.41) is 4.06. The largest absolute Gasteiger partial charge is 0.492 e. The van der Waals surface area contributed by atoms with E-state index in [1.807, 2.05) is 36.2 Å². The lowest BCUT2D eigenvalue weighted by Gasteiger charge is -2.23. The van der Waals surface area contributed by atoms with Gasteiger partial charge >= 0.3 is 0 Å². The molecule has 130 valence electrons. The van der Waals surface area contributed by atoms with Crippen LogP contribution in [0.15, 0.2) is 29.3 Å². The quantitative estimate of drug-likeness (QED) is 0.409. The van der Waals surface area contributed by atoms with Gasteiger partial charge < -0.3 is 19.7 Å². The van der Waals surface area contributed by atoms with E-state index in [0.717, 1.165) is 44.2 Å². The lowest BCUT2D eigenvalue weighted by Crippen LogP contribution is -2.43. The number of guanidine groups is 1. The molecule has 0 bridgehead atoms. The van der Waals surface area contributed by atoms with Gasteiger partial charge in [-0.2, -0.15) is 0 Å². The molecule has 0 aliphatic carbocycles. The summed E-state index contributed by atoms with van der Waals surface area (Å²) in [6.45, 7) is 3.00. The monoisotopic (exact) mass is 453 g/mol. The number of halogens is 2. The van der Waals surface area contributed by atoms with Crippen LogP contribution in [-0.4, -0.2) is 57.4 Å². The Kier molecular flexibility index (Phi) is 9.66. The van der Waals surface area contributed by atoms with Crippen molar-refractivity contribution in [2.75, 3.05) is 40.4 Å². The molecule has 7 heteroatoms. The van der Waals surface area contributed by atoms with Crippen molar-refractivity contribution in [3.63, 3.8) is 0 Å². The summed E-state index contributed by atoms with van der Waals surface area (Å²) in [5.41, 5.74) is 0. The molecule has 1 unspecified atom stereocenters. The van der Waals surface area contributed by atoms with Crippen molar-refractivity contribution >= 4 is 41.5 Å². The standard InChI is InChI=1S/C16H24ClN3O2.HI/c1-18-16(19-12-15-4-3-10-21-15)20(2)9-11-22-14-7-5-13(17)6-8-14;/h5-8,15H,3-4,9-12H2,1-2H3,(H,18,19);1H.